The Morgan fingerprint density at radius 3 is 2.45 bits per heavy atom. The maximum atomic E-state index is 12.7. The van der Waals surface area contributed by atoms with E-state index in [4.69, 9.17) is 5.73 Å². The number of nitrogens with two attached hydrogens (primary N) is 1. The number of rotatable bonds is 3. The number of nitrogens with zero attached hydrogens (tertiary/aromatic N) is 2. The molecule has 4 nitrogen and oxygen atoms in total. The number of halogens is 3. The molecule has 0 unspecified atom stereocenters. The van der Waals surface area contributed by atoms with Crippen molar-refractivity contribution in [3.8, 4) is 0 Å². The highest BCUT2D eigenvalue weighted by Gasteiger charge is 2.30. The molecule has 7 heteroatoms. The van der Waals surface area contributed by atoms with Crippen LogP contribution in [-0.2, 0) is 17.5 Å². The highest BCUT2D eigenvalue weighted by Crippen LogP contribution is 2.29. The van der Waals surface area contributed by atoms with Gasteiger partial charge in [-0.25, -0.2) is 0 Å². The van der Waals surface area contributed by atoms with Crippen LogP contribution in [0, 0.1) is 0 Å². The van der Waals surface area contributed by atoms with E-state index >= 15 is 0 Å². The van der Waals surface area contributed by atoms with Crippen LogP contribution in [-0.4, -0.2) is 47.9 Å². The van der Waals surface area contributed by atoms with Crippen LogP contribution < -0.4 is 5.73 Å². The molecule has 1 aromatic rings. The molecule has 0 radical (unpaired) electrons. The molecule has 0 aromatic heterocycles. The van der Waals surface area contributed by atoms with Crippen LogP contribution in [0.3, 0.4) is 0 Å². The molecule has 0 bridgehead atoms. The fraction of sp³-hybridized carbons (Fsp3) is 0.533. The lowest BCUT2D eigenvalue weighted by Gasteiger charge is -2.35. The fourth-order valence-electron chi connectivity index (χ4n) is 2.52. The van der Waals surface area contributed by atoms with Crippen molar-refractivity contribution >= 4 is 5.91 Å². The highest BCUT2D eigenvalue weighted by atomic mass is 19.4. The van der Waals surface area contributed by atoms with Crippen molar-refractivity contribution in [3.05, 3.63) is 35.4 Å². The van der Waals surface area contributed by atoms with Gasteiger partial charge in [-0.3, -0.25) is 9.69 Å². The first-order chi connectivity index (χ1) is 10.3. The summed E-state index contributed by atoms with van der Waals surface area (Å²) in [5.41, 5.74) is 5.57. The number of amides is 1. The molecular weight excluding hydrogens is 295 g/mol. The van der Waals surface area contributed by atoms with Gasteiger partial charge in [0.2, 0.25) is 5.91 Å². The van der Waals surface area contributed by atoms with E-state index in [1.54, 1.807) is 17.9 Å². The van der Waals surface area contributed by atoms with Crippen molar-refractivity contribution in [2.75, 3.05) is 26.2 Å². The number of benzene rings is 1. The molecule has 0 saturated carbocycles. The van der Waals surface area contributed by atoms with E-state index in [-0.39, 0.29) is 5.91 Å². The normalized spacial score (nSPS) is 18.3. The SMILES string of the molecule is C[C@@H](N)C(=O)N1CCN(Cc2cccc(C(F)(F)F)c2)CC1. The molecule has 1 heterocycles. The van der Waals surface area contributed by atoms with Gasteiger partial charge >= 0.3 is 6.18 Å². The summed E-state index contributed by atoms with van der Waals surface area (Å²) in [4.78, 5) is 15.5. The van der Waals surface area contributed by atoms with Gasteiger partial charge in [-0.1, -0.05) is 18.2 Å². The van der Waals surface area contributed by atoms with E-state index in [9.17, 15) is 18.0 Å². The lowest BCUT2D eigenvalue weighted by atomic mass is 10.1. The minimum absolute atomic E-state index is 0.0845. The van der Waals surface area contributed by atoms with Crippen molar-refractivity contribution in [3.63, 3.8) is 0 Å². The van der Waals surface area contributed by atoms with E-state index in [0.29, 0.717) is 38.3 Å². The summed E-state index contributed by atoms with van der Waals surface area (Å²) in [7, 11) is 0. The van der Waals surface area contributed by atoms with Gasteiger partial charge in [-0.05, 0) is 18.6 Å². The van der Waals surface area contributed by atoms with Crippen molar-refractivity contribution in [2.45, 2.75) is 25.7 Å². The number of hydrogen-bond donors (Lipinski definition) is 1. The molecule has 1 aromatic carbocycles. The zero-order valence-electron chi connectivity index (χ0n) is 12.4. The van der Waals surface area contributed by atoms with Crippen LogP contribution in [0.15, 0.2) is 24.3 Å². The zero-order chi connectivity index (χ0) is 16.3. The number of carbonyl (C=O) groups is 1. The second-order valence-electron chi connectivity index (χ2n) is 5.59. The Hall–Kier alpha value is -1.60. The zero-order valence-corrected chi connectivity index (χ0v) is 12.4. The molecule has 22 heavy (non-hydrogen) atoms. The summed E-state index contributed by atoms with van der Waals surface area (Å²) in [6.45, 7) is 4.48. The van der Waals surface area contributed by atoms with E-state index in [1.165, 1.54) is 12.1 Å². The lowest BCUT2D eigenvalue weighted by Crippen LogP contribution is -2.52. The van der Waals surface area contributed by atoms with E-state index in [1.807, 2.05) is 4.90 Å². The van der Waals surface area contributed by atoms with Gasteiger partial charge in [0.15, 0.2) is 0 Å². The lowest BCUT2D eigenvalue weighted by molar-refractivity contribution is -0.137. The third-order valence-corrected chi connectivity index (χ3v) is 3.73. The molecule has 1 saturated heterocycles. The predicted octanol–water partition coefficient (Wildman–Crippen LogP) is 1.70. The molecule has 1 amide bonds. The van der Waals surface area contributed by atoms with Gasteiger partial charge < -0.3 is 10.6 Å². The molecule has 1 atom stereocenters. The Balaban J connectivity index is 1.93. The molecule has 1 fully saturated rings. The summed E-state index contributed by atoms with van der Waals surface area (Å²) >= 11 is 0. The first-order valence-corrected chi connectivity index (χ1v) is 7.20. The van der Waals surface area contributed by atoms with Gasteiger partial charge in [0.25, 0.3) is 0 Å². The average molecular weight is 315 g/mol. The smallest absolute Gasteiger partial charge is 0.339 e. The monoisotopic (exact) mass is 315 g/mol. The van der Waals surface area contributed by atoms with Gasteiger partial charge in [0.1, 0.15) is 0 Å². The van der Waals surface area contributed by atoms with E-state index in [2.05, 4.69) is 0 Å². The molecule has 122 valence electrons. The first-order valence-electron chi connectivity index (χ1n) is 7.20. The molecule has 1 aliphatic heterocycles. The molecule has 2 N–H and O–H groups in total. The van der Waals surface area contributed by atoms with Gasteiger partial charge in [-0.2, -0.15) is 13.2 Å². The van der Waals surface area contributed by atoms with Gasteiger partial charge in [0.05, 0.1) is 11.6 Å². The van der Waals surface area contributed by atoms with Crippen LogP contribution in [0.5, 0.6) is 0 Å². The minimum Gasteiger partial charge on any atom is -0.339 e. The Morgan fingerprint density at radius 2 is 1.91 bits per heavy atom. The standard InChI is InChI=1S/C15H20F3N3O/c1-11(19)14(22)21-7-5-20(6-8-21)10-12-3-2-4-13(9-12)15(16,17)18/h2-4,9,11H,5-8,10,19H2,1H3/t11-/m1/s1. The Morgan fingerprint density at radius 1 is 1.27 bits per heavy atom. The molecule has 0 aliphatic carbocycles. The van der Waals surface area contributed by atoms with E-state index in [0.717, 1.165) is 6.07 Å². The number of carbonyl (C=O) groups excluding carboxylic acids is 1. The molecule has 0 spiro atoms. The fourth-order valence-corrected chi connectivity index (χ4v) is 2.52. The van der Waals surface area contributed by atoms with Crippen LogP contribution in [0.1, 0.15) is 18.1 Å². The Kier molecular flexibility index (Phi) is 5.08. The van der Waals surface area contributed by atoms with Crippen LogP contribution >= 0.6 is 0 Å². The Labute approximate surface area is 127 Å². The second kappa shape index (κ2) is 6.66. The summed E-state index contributed by atoms with van der Waals surface area (Å²) in [6.07, 6.45) is -4.32. The summed E-state index contributed by atoms with van der Waals surface area (Å²) in [6, 6.07) is 4.85. The van der Waals surface area contributed by atoms with Gasteiger partial charge in [-0.15, -0.1) is 0 Å². The first kappa shape index (κ1) is 16.8. The molecule has 2 rings (SSSR count). The van der Waals surface area contributed by atoms with Gasteiger partial charge in [0, 0.05) is 32.7 Å². The highest BCUT2D eigenvalue weighted by molar-refractivity contribution is 5.81. The van der Waals surface area contributed by atoms with Crippen LogP contribution in [0.4, 0.5) is 13.2 Å². The summed E-state index contributed by atoms with van der Waals surface area (Å²) < 4.78 is 38.1. The van der Waals surface area contributed by atoms with Crippen LogP contribution in [0.25, 0.3) is 0 Å². The van der Waals surface area contributed by atoms with Crippen molar-refractivity contribution in [1.82, 2.24) is 9.80 Å². The average Bonchev–Trinajstić information content (AvgIpc) is 2.46. The maximum Gasteiger partial charge on any atom is 0.416 e. The molecular formula is C15H20F3N3O. The minimum atomic E-state index is -4.32. The summed E-state index contributed by atoms with van der Waals surface area (Å²) in [5.74, 6) is -0.0845. The number of piperazine rings is 1. The second-order valence-corrected chi connectivity index (χ2v) is 5.59. The largest absolute Gasteiger partial charge is 0.416 e. The Bertz CT molecular complexity index is 523. The van der Waals surface area contributed by atoms with E-state index < -0.39 is 17.8 Å². The predicted molar refractivity (Wildman–Crippen MR) is 77.0 cm³/mol. The summed E-state index contributed by atoms with van der Waals surface area (Å²) in [5, 5.41) is 0. The van der Waals surface area contributed by atoms with Crippen LogP contribution in [0.2, 0.25) is 0 Å². The maximum absolute atomic E-state index is 12.7. The quantitative estimate of drug-likeness (QED) is 0.923. The molecule has 1 aliphatic rings. The number of hydrogen-bond acceptors (Lipinski definition) is 3. The topological polar surface area (TPSA) is 49.6 Å². The third kappa shape index (κ3) is 4.20. The van der Waals surface area contributed by atoms with Crippen molar-refractivity contribution < 1.29 is 18.0 Å². The van der Waals surface area contributed by atoms with Crippen molar-refractivity contribution in [2.24, 2.45) is 5.73 Å². The third-order valence-electron chi connectivity index (χ3n) is 3.73. The van der Waals surface area contributed by atoms with Crippen molar-refractivity contribution in [1.29, 1.82) is 0 Å². The number of alkyl halides is 3.